The Labute approximate surface area is 277 Å². The van der Waals surface area contributed by atoms with Gasteiger partial charge in [-0.05, 0) is 65.1 Å². The molecule has 1 saturated heterocycles. The predicted octanol–water partition coefficient (Wildman–Crippen LogP) is 2.52. The Morgan fingerprint density at radius 3 is 2.50 bits per heavy atom. The zero-order valence-corrected chi connectivity index (χ0v) is 27.1. The van der Waals surface area contributed by atoms with Crippen LogP contribution in [0.15, 0.2) is 48.0 Å². The van der Waals surface area contributed by atoms with Crippen LogP contribution in [0.3, 0.4) is 0 Å². The quantitative estimate of drug-likeness (QED) is 0.220. The van der Waals surface area contributed by atoms with E-state index in [2.05, 4.69) is 10.2 Å². The standard InChI is InChI=1S/C31H35F3IN3O8/c1-44-26-15-19(18-40)14-23(35)28(26)46-25-17-21(29(42)36-6-11-39)16-24(27(25)41)38(8-7-37-9-12-45-13-10-37)30(43)20-2-4-22(5-3-20)31(32,33)34/h2-5,14-15,17-18,24-25,27,39,41H,6-13,16H2,1H3,(H,36,42). The maximum Gasteiger partial charge on any atom is 0.416 e. The summed E-state index contributed by atoms with van der Waals surface area (Å²) in [6, 6.07) is 5.78. The lowest BCUT2D eigenvalue weighted by Gasteiger charge is -2.41. The van der Waals surface area contributed by atoms with Crippen LogP contribution in [-0.2, 0) is 15.7 Å². The molecule has 11 nitrogen and oxygen atoms in total. The minimum absolute atomic E-state index is 0.0267. The molecule has 4 rings (SSSR count). The van der Waals surface area contributed by atoms with E-state index >= 15 is 0 Å². The zero-order valence-electron chi connectivity index (χ0n) is 25.0. The largest absolute Gasteiger partial charge is 0.493 e. The van der Waals surface area contributed by atoms with Gasteiger partial charge in [0.2, 0.25) is 5.91 Å². The van der Waals surface area contributed by atoms with E-state index in [-0.39, 0.29) is 48.8 Å². The monoisotopic (exact) mass is 761 g/mol. The number of aldehydes is 1. The van der Waals surface area contributed by atoms with Crippen LogP contribution in [0.2, 0.25) is 0 Å². The van der Waals surface area contributed by atoms with Crippen LogP contribution in [0, 0.1) is 3.57 Å². The number of morpholine rings is 1. The summed E-state index contributed by atoms with van der Waals surface area (Å²) in [6.45, 7) is 2.29. The van der Waals surface area contributed by atoms with Crippen molar-refractivity contribution in [3.8, 4) is 11.5 Å². The van der Waals surface area contributed by atoms with E-state index in [1.54, 1.807) is 6.07 Å². The fourth-order valence-corrected chi connectivity index (χ4v) is 6.05. The lowest BCUT2D eigenvalue weighted by Crippen LogP contribution is -2.56. The topological polar surface area (TPSA) is 138 Å². The van der Waals surface area contributed by atoms with Gasteiger partial charge in [0, 0.05) is 55.8 Å². The maximum absolute atomic E-state index is 14.0. The van der Waals surface area contributed by atoms with Gasteiger partial charge in [-0.2, -0.15) is 13.2 Å². The first-order chi connectivity index (χ1) is 22.0. The number of nitrogens with zero attached hydrogens (tertiary/aromatic N) is 2. The number of aliphatic hydroxyl groups is 2. The number of nitrogens with one attached hydrogen (secondary N) is 1. The molecule has 0 saturated carbocycles. The van der Waals surface area contributed by atoms with Gasteiger partial charge in [0.05, 0.1) is 42.1 Å². The Bertz CT molecular complexity index is 1420. The molecule has 1 fully saturated rings. The Morgan fingerprint density at radius 1 is 1.20 bits per heavy atom. The molecule has 2 aliphatic rings. The van der Waals surface area contributed by atoms with Gasteiger partial charge in [0.25, 0.3) is 5.91 Å². The highest BCUT2D eigenvalue weighted by atomic mass is 127. The van der Waals surface area contributed by atoms with Crippen molar-refractivity contribution in [2.75, 3.05) is 59.7 Å². The van der Waals surface area contributed by atoms with E-state index in [9.17, 15) is 37.8 Å². The molecule has 0 spiro atoms. The molecule has 0 aromatic heterocycles. The number of amides is 2. The molecule has 0 radical (unpaired) electrons. The summed E-state index contributed by atoms with van der Waals surface area (Å²) < 4.78 is 57.3. The van der Waals surface area contributed by atoms with Crippen LogP contribution >= 0.6 is 22.6 Å². The first-order valence-electron chi connectivity index (χ1n) is 14.5. The van der Waals surface area contributed by atoms with Crippen molar-refractivity contribution >= 4 is 40.7 Å². The van der Waals surface area contributed by atoms with E-state index in [1.165, 1.54) is 24.2 Å². The summed E-state index contributed by atoms with van der Waals surface area (Å²) in [5.41, 5.74) is -0.443. The van der Waals surface area contributed by atoms with Crippen molar-refractivity contribution in [1.82, 2.24) is 15.1 Å². The fraction of sp³-hybridized carbons (Fsp3) is 0.452. The lowest BCUT2D eigenvalue weighted by atomic mass is 9.87. The number of hydrogen-bond donors (Lipinski definition) is 3. The van der Waals surface area contributed by atoms with Gasteiger partial charge >= 0.3 is 6.18 Å². The normalized spacial score (nSPS) is 20.4. The van der Waals surface area contributed by atoms with Crippen molar-refractivity contribution in [1.29, 1.82) is 0 Å². The van der Waals surface area contributed by atoms with Gasteiger partial charge in [-0.25, -0.2) is 0 Å². The number of aliphatic hydroxyl groups excluding tert-OH is 2. The molecule has 2 amide bonds. The second-order valence-corrected chi connectivity index (χ2v) is 11.9. The van der Waals surface area contributed by atoms with Crippen LogP contribution in [0.4, 0.5) is 13.2 Å². The van der Waals surface area contributed by atoms with Crippen molar-refractivity contribution < 1.29 is 52.0 Å². The lowest BCUT2D eigenvalue weighted by molar-refractivity contribution is -0.137. The summed E-state index contributed by atoms with van der Waals surface area (Å²) in [5, 5.41) is 23.6. The minimum Gasteiger partial charge on any atom is -0.493 e. The van der Waals surface area contributed by atoms with Crippen LogP contribution in [0.5, 0.6) is 11.5 Å². The third kappa shape index (κ3) is 8.76. The fourth-order valence-electron chi connectivity index (χ4n) is 5.30. The molecule has 1 aliphatic carbocycles. The second-order valence-electron chi connectivity index (χ2n) is 10.7. The number of carbonyl (C=O) groups excluding carboxylic acids is 3. The van der Waals surface area contributed by atoms with E-state index in [0.717, 1.165) is 24.3 Å². The summed E-state index contributed by atoms with van der Waals surface area (Å²) in [5.74, 6) is -0.788. The molecule has 3 atom stereocenters. The average molecular weight is 762 g/mol. The molecule has 1 heterocycles. The Kier molecular flexibility index (Phi) is 12.4. The number of carbonyl (C=O) groups is 3. The third-order valence-electron chi connectivity index (χ3n) is 7.74. The zero-order chi connectivity index (χ0) is 33.4. The molecular formula is C31H35F3IN3O8. The van der Waals surface area contributed by atoms with Gasteiger partial charge < -0.3 is 34.6 Å². The number of methoxy groups -OCH3 is 1. The number of hydrogen-bond acceptors (Lipinski definition) is 9. The highest BCUT2D eigenvalue weighted by Gasteiger charge is 2.41. The van der Waals surface area contributed by atoms with Gasteiger partial charge in [0.15, 0.2) is 11.5 Å². The molecule has 2 aromatic carbocycles. The average Bonchev–Trinajstić information content (AvgIpc) is 3.05. The molecule has 46 heavy (non-hydrogen) atoms. The summed E-state index contributed by atoms with van der Waals surface area (Å²) >= 11 is 1.95. The highest BCUT2D eigenvalue weighted by Crippen LogP contribution is 2.37. The molecular weight excluding hydrogens is 726 g/mol. The smallest absolute Gasteiger partial charge is 0.416 e. The summed E-state index contributed by atoms with van der Waals surface area (Å²) in [6.07, 6.45) is -5.21. The van der Waals surface area contributed by atoms with E-state index in [0.29, 0.717) is 48.3 Å². The Hall–Kier alpha value is -3.25. The maximum atomic E-state index is 14.0. The minimum atomic E-state index is -4.59. The van der Waals surface area contributed by atoms with Crippen molar-refractivity contribution in [2.45, 2.75) is 30.8 Å². The molecule has 2 aromatic rings. The van der Waals surface area contributed by atoms with Crippen LogP contribution in [0.25, 0.3) is 0 Å². The summed E-state index contributed by atoms with van der Waals surface area (Å²) in [4.78, 5) is 42.0. The molecule has 15 heteroatoms. The van der Waals surface area contributed by atoms with Gasteiger partial charge in [-0.15, -0.1) is 0 Å². The second kappa shape index (κ2) is 16.0. The molecule has 250 valence electrons. The Balaban J connectivity index is 1.72. The number of halogens is 4. The number of ether oxygens (including phenoxy) is 3. The molecule has 0 bridgehead atoms. The third-order valence-corrected chi connectivity index (χ3v) is 8.54. The van der Waals surface area contributed by atoms with Gasteiger partial charge in [-0.1, -0.05) is 0 Å². The number of benzene rings is 2. The van der Waals surface area contributed by atoms with E-state index in [1.807, 2.05) is 22.6 Å². The van der Waals surface area contributed by atoms with Gasteiger partial charge in [-0.3, -0.25) is 19.3 Å². The first kappa shape index (κ1) is 35.6. The summed E-state index contributed by atoms with van der Waals surface area (Å²) in [7, 11) is 1.38. The van der Waals surface area contributed by atoms with Crippen molar-refractivity contribution in [3.05, 3.63) is 68.3 Å². The van der Waals surface area contributed by atoms with Crippen molar-refractivity contribution in [2.24, 2.45) is 0 Å². The molecule has 1 aliphatic heterocycles. The van der Waals surface area contributed by atoms with Crippen LogP contribution in [0.1, 0.15) is 32.7 Å². The number of rotatable bonds is 12. The Morgan fingerprint density at radius 2 is 1.89 bits per heavy atom. The number of alkyl halides is 3. The highest BCUT2D eigenvalue weighted by molar-refractivity contribution is 14.1. The van der Waals surface area contributed by atoms with Crippen LogP contribution < -0.4 is 14.8 Å². The molecule has 3 unspecified atom stereocenters. The van der Waals surface area contributed by atoms with E-state index < -0.39 is 41.8 Å². The van der Waals surface area contributed by atoms with Crippen molar-refractivity contribution in [3.63, 3.8) is 0 Å². The van der Waals surface area contributed by atoms with Gasteiger partial charge in [0.1, 0.15) is 18.5 Å². The SMILES string of the molecule is COc1cc(C=O)cc(I)c1OC1C=C(C(=O)NCCO)CC(N(CCN2CCOCC2)C(=O)c2ccc(C(F)(F)F)cc2)C1O. The predicted molar refractivity (Wildman–Crippen MR) is 168 cm³/mol. The van der Waals surface area contributed by atoms with E-state index in [4.69, 9.17) is 14.2 Å². The molecule has 3 N–H and O–H groups in total. The van der Waals surface area contributed by atoms with Crippen LogP contribution in [-0.4, -0.2) is 116 Å². The first-order valence-corrected chi connectivity index (χ1v) is 15.6.